The molecular weight excluding hydrogens is 408 g/mol. The summed E-state index contributed by atoms with van der Waals surface area (Å²) in [4.78, 5) is 21.9. The monoisotopic (exact) mass is 432 g/mol. The average molecular weight is 433 g/mol. The highest BCUT2D eigenvalue weighted by atomic mass is 32.1. The summed E-state index contributed by atoms with van der Waals surface area (Å²) >= 11 is 1.65. The van der Waals surface area contributed by atoms with Crippen LogP contribution < -0.4 is 10.6 Å². The summed E-state index contributed by atoms with van der Waals surface area (Å²) < 4.78 is 2.88. The minimum absolute atomic E-state index is 0.119. The van der Waals surface area contributed by atoms with Crippen molar-refractivity contribution in [2.75, 3.05) is 13.1 Å². The zero-order valence-corrected chi connectivity index (χ0v) is 18.2. The highest BCUT2D eigenvalue weighted by Gasteiger charge is 2.17. The molecule has 4 aromatic rings. The zero-order chi connectivity index (χ0) is 21.2. The number of rotatable bonds is 6. The van der Waals surface area contributed by atoms with E-state index in [9.17, 15) is 4.79 Å². The third-order valence-corrected chi connectivity index (χ3v) is 6.57. The molecule has 0 aliphatic carbocycles. The second-order valence-corrected chi connectivity index (χ2v) is 8.82. The predicted molar refractivity (Wildman–Crippen MR) is 122 cm³/mol. The predicted octanol–water partition coefficient (Wildman–Crippen LogP) is 3.16. The van der Waals surface area contributed by atoms with E-state index in [-0.39, 0.29) is 5.91 Å². The molecule has 0 saturated carbocycles. The van der Waals surface area contributed by atoms with E-state index in [1.807, 2.05) is 49.1 Å². The van der Waals surface area contributed by atoms with Crippen molar-refractivity contribution in [1.29, 1.82) is 0 Å². The minimum atomic E-state index is -0.119. The van der Waals surface area contributed by atoms with Crippen LogP contribution in [0.15, 0.2) is 48.1 Å². The third-order valence-electron chi connectivity index (χ3n) is 5.59. The lowest BCUT2D eigenvalue weighted by Gasteiger charge is -2.12. The Labute approximate surface area is 184 Å². The van der Waals surface area contributed by atoms with Gasteiger partial charge in [-0.25, -0.2) is 4.98 Å². The molecule has 1 amide bonds. The summed E-state index contributed by atoms with van der Waals surface area (Å²) in [5, 5.41) is 12.9. The normalized spacial score (nSPS) is 16.1. The molecular formula is C23H24N6OS. The molecule has 5 heterocycles. The standard InChI is InChI=1S/C23H24N6OS/c1-29-9-6-19(28-29)18-5-4-15(13-25-18)11-16-12-21(27-20-7-10-31-22(16)20)23(30)26-14-17-3-2-8-24-17/h4-7,9-10,12-13,17,24H,2-3,8,11,14H2,1H3,(H,26,30)/t17-/m1/s1. The lowest BCUT2D eigenvalue weighted by Crippen LogP contribution is -2.37. The van der Waals surface area contributed by atoms with E-state index in [0.29, 0.717) is 24.7 Å². The smallest absolute Gasteiger partial charge is 0.269 e. The first-order valence-electron chi connectivity index (χ1n) is 10.5. The van der Waals surface area contributed by atoms with Crippen LogP contribution in [0.1, 0.15) is 34.5 Å². The van der Waals surface area contributed by atoms with Crippen LogP contribution in [0.2, 0.25) is 0 Å². The first-order chi connectivity index (χ1) is 15.2. The maximum Gasteiger partial charge on any atom is 0.269 e. The van der Waals surface area contributed by atoms with Crippen LogP contribution in [0.3, 0.4) is 0 Å². The molecule has 0 aromatic carbocycles. The van der Waals surface area contributed by atoms with Gasteiger partial charge in [-0.1, -0.05) is 6.07 Å². The first kappa shape index (κ1) is 19.8. The highest BCUT2D eigenvalue weighted by Crippen LogP contribution is 2.27. The number of aryl methyl sites for hydroxylation is 1. The number of carbonyl (C=O) groups is 1. The van der Waals surface area contributed by atoms with Crippen LogP contribution in [0.25, 0.3) is 21.6 Å². The molecule has 1 aliphatic rings. The number of carbonyl (C=O) groups excluding carboxylic acids is 1. The number of fused-ring (bicyclic) bond motifs is 1. The van der Waals surface area contributed by atoms with Gasteiger partial charge in [0.15, 0.2) is 0 Å². The van der Waals surface area contributed by atoms with E-state index in [1.165, 1.54) is 0 Å². The Morgan fingerprint density at radius 3 is 2.97 bits per heavy atom. The summed E-state index contributed by atoms with van der Waals surface area (Å²) in [6.45, 7) is 1.66. The van der Waals surface area contributed by atoms with E-state index < -0.39 is 0 Å². The van der Waals surface area contributed by atoms with Gasteiger partial charge in [-0.2, -0.15) is 5.10 Å². The lowest BCUT2D eigenvalue weighted by atomic mass is 10.1. The maximum absolute atomic E-state index is 12.8. The molecule has 2 N–H and O–H groups in total. The van der Waals surface area contributed by atoms with Crippen LogP contribution in [0, 0.1) is 0 Å². The highest BCUT2D eigenvalue weighted by molar-refractivity contribution is 7.17. The number of amides is 1. The molecule has 0 bridgehead atoms. The zero-order valence-electron chi connectivity index (χ0n) is 17.3. The number of nitrogens with zero attached hydrogens (tertiary/aromatic N) is 4. The molecule has 7 nitrogen and oxygen atoms in total. The van der Waals surface area contributed by atoms with Gasteiger partial charge in [0.1, 0.15) is 11.4 Å². The van der Waals surface area contributed by atoms with Gasteiger partial charge in [0.2, 0.25) is 0 Å². The van der Waals surface area contributed by atoms with Crippen LogP contribution in [0.5, 0.6) is 0 Å². The van der Waals surface area contributed by atoms with Gasteiger partial charge >= 0.3 is 0 Å². The van der Waals surface area contributed by atoms with Crippen molar-refractivity contribution < 1.29 is 4.79 Å². The molecule has 1 saturated heterocycles. The van der Waals surface area contributed by atoms with Gasteiger partial charge in [0, 0.05) is 38.4 Å². The van der Waals surface area contributed by atoms with Crippen LogP contribution >= 0.6 is 11.3 Å². The number of hydrogen-bond acceptors (Lipinski definition) is 6. The van der Waals surface area contributed by atoms with Crippen molar-refractivity contribution in [3.8, 4) is 11.4 Å². The number of hydrogen-bond donors (Lipinski definition) is 2. The Bertz CT molecular complexity index is 1210. The molecule has 158 valence electrons. The van der Waals surface area contributed by atoms with Crippen molar-refractivity contribution in [2.24, 2.45) is 7.05 Å². The van der Waals surface area contributed by atoms with Gasteiger partial charge in [-0.05, 0) is 60.2 Å². The van der Waals surface area contributed by atoms with Gasteiger partial charge in [-0.3, -0.25) is 14.5 Å². The van der Waals surface area contributed by atoms with E-state index in [1.54, 1.807) is 16.0 Å². The van der Waals surface area contributed by atoms with Gasteiger partial charge in [-0.15, -0.1) is 11.3 Å². The number of aromatic nitrogens is 4. The van der Waals surface area contributed by atoms with Gasteiger partial charge in [0.05, 0.1) is 15.9 Å². The van der Waals surface area contributed by atoms with Crippen molar-refractivity contribution in [1.82, 2.24) is 30.4 Å². The quantitative estimate of drug-likeness (QED) is 0.489. The van der Waals surface area contributed by atoms with Crippen molar-refractivity contribution in [2.45, 2.75) is 25.3 Å². The molecule has 1 atom stereocenters. The van der Waals surface area contributed by atoms with Crippen molar-refractivity contribution >= 4 is 27.5 Å². The Morgan fingerprint density at radius 1 is 1.29 bits per heavy atom. The molecule has 1 fully saturated rings. The molecule has 0 radical (unpaired) electrons. The summed E-state index contributed by atoms with van der Waals surface area (Å²) in [5.41, 5.74) is 5.22. The fourth-order valence-electron chi connectivity index (χ4n) is 3.96. The fourth-order valence-corrected chi connectivity index (χ4v) is 4.81. The largest absolute Gasteiger partial charge is 0.349 e. The van der Waals surface area contributed by atoms with Gasteiger partial charge in [0.25, 0.3) is 5.91 Å². The molecule has 5 rings (SSSR count). The summed E-state index contributed by atoms with van der Waals surface area (Å²) in [6, 6.07) is 10.3. The SMILES string of the molecule is Cn1ccc(-c2ccc(Cc3cc(C(=O)NC[C@H]4CCCN4)nc4ccsc34)cn2)n1. The van der Waals surface area contributed by atoms with Crippen LogP contribution in [0.4, 0.5) is 0 Å². The van der Waals surface area contributed by atoms with E-state index in [2.05, 4.69) is 31.8 Å². The fraction of sp³-hybridized carbons (Fsp3) is 0.304. The van der Waals surface area contributed by atoms with E-state index in [0.717, 1.165) is 52.1 Å². The Hall–Kier alpha value is -3.10. The molecule has 31 heavy (non-hydrogen) atoms. The molecule has 0 unspecified atom stereocenters. The Morgan fingerprint density at radius 2 is 2.23 bits per heavy atom. The van der Waals surface area contributed by atoms with Gasteiger partial charge < -0.3 is 10.6 Å². The topological polar surface area (TPSA) is 84.7 Å². The second kappa shape index (κ2) is 8.56. The van der Waals surface area contributed by atoms with Crippen LogP contribution in [-0.2, 0) is 13.5 Å². The Kier molecular flexibility index (Phi) is 5.48. The summed E-state index contributed by atoms with van der Waals surface area (Å²) in [5.74, 6) is -0.119. The summed E-state index contributed by atoms with van der Waals surface area (Å²) in [6.07, 6.45) is 6.75. The second-order valence-electron chi connectivity index (χ2n) is 7.91. The molecule has 0 spiro atoms. The Balaban J connectivity index is 1.36. The number of nitrogens with one attached hydrogen (secondary N) is 2. The number of pyridine rings is 2. The van der Waals surface area contributed by atoms with E-state index in [4.69, 9.17) is 0 Å². The first-order valence-corrected chi connectivity index (χ1v) is 11.4. The minimum Gasteiger partial charge on any atom is -0.349 e. The third kappa shape index (κ3) is 4.35. The lowest BCUT2D eigenvalue weighted by molar-refractivity contribution is 0.0945. The summed E-state index contributed by atoms with van der Waals surface area (Å²) in [7, 11) is 1.89. The maximum atomic E-state index is 12.8. The molecule has 8 heteroatoms. The molecule has 4 aromatic heterocycles. The van der Waals surface area contributed by atoms with Crippen LogP contribution in [-0.4, -0.2) is 44.8 Å². The number of thiophene rings is 1. The van der Waals surface area contributed by atoms with Crippen molar-refractivity contribution in [3.05, 3.63) is 64.9 Å². The van der Waals surface area contributed by atoms with Crippen molar-refractivity contribution in [3.63, 3.8) is 0 Å². The molecule has 1 aliphatic heterocycles. The van der Waals surface area contributed by atoms with E-state index >= 15 is 0 Å². The average Bonchev–Trinajstić information content (AvgIpc) is 3.54.